The molecule has 0 bridgehead atoms. The lowest BCUT2D eigenvalue weighted by molar-refractivity contribution is 0.101. The maximum Gasteiger partial charge on any atom is 0.122 e. The van der Waals surface area contributed by atoms with E-state index in [0.29, 0.717) is 12.0 Å². The molecule has 0 spiro atoms. The summed E-state index contributed by atoms with van der Waals surface area (Å²) in [7, 11) is 1.75. The van der Waals surface area contributed by atoms with E-state index in [1.54, 1.807) is 7.11 Å². The van der Waals surface area contributed by atoms with Crippen LogP contribution in [0.15, 0.2) is 24.3 Å². The first kappa shape index (κ1) is 15.8. The molecule has 2 unspecified atom stereocenters. The van der Waals surface area contributed by atoms with Gasteiger partial charge in [0.2, 0.25) is 0 Å². The summed E-state index contributed by atoms with van der Waals surface area (Å²) in [6, 6.07) is 8.35. The van der Waals surface area contributed by atoms with Crippen molar-refractivity contribution in [2.75, 3.05) is 19.0 Å². The fourth-order valence-corrected chi connectivity index (χ4v) is 3.48. The second-order valence-electron chi connectivity index (χ2n) is 5.60. The quantitative estimate of drug-likeness (QED) is 0.644. The van der Waals surface area contributed by atoms with E-state index in [1.165, 1.54) is 37.7 Å². The Kier molecular flexibility index (Phi) is 6.88. The van der Waals surface area contributed by atoms with Gasteiger partial charge in [0.05, 0.1) is 13.2 Å². The standard InChI is InChI=1S/C17H25BrO2/c1-19-17-10-3-2-7-15(17)12-14(13-18)6-4-8-16-9-5-11-20-16/h2-3,7,10,14,16H,4-6,8-9,11-13H2,1H3. The number of hydrogen-bond acceptors (Lipinski definition) is 2. The zero-order chi connectivity index (χ0) is 14.2. The van der Waals surface area contributed by atoms with Crippen molar-refractivity contribution in [2.45, 2.75) is 44.6 Å². The van der Waals surface area contributed by atoms with Gasteiger partial charge in [-0.15, -0.1) is 0 Å². The number of rotatable bonds is 8. The highest BCUT2D eigenvalue weighted by Crippen LogP contribution is 2.26. The molecule has 0 aromatic heterocycles. The molecule has 1 aromatic carbocycles. The SMILES string of the molecule is COc1ccccc1CC(CBr)CCCC1CCCO1. The lowest BCUT2D eigenvalue weighted by Crippen LogP contribution is -2.10. The van der Waals surface area contributed by atoms with Gasteiger partial charge in [0.1, 0.15) is 5.75 Å². The van der Waals surface area contributed by atoms with Gasteiger partial charge in [0.25, 0.3) is 0 Å². The molecule has 2 atom stereocenters. The summed E-state index contributed by atoms with van der Waals surface area (Å²) in [5, 5.41) is 1.05. The highest BCUT2D eigenvalue weighted by atomic mass is 79.9. The molecular weight excluding hydrogens is 316 g/mol. The fourth-order valence-electron chi connectivity index (χ4n) is 2.92. The van der Waals surface area contributed by atoms with Crippen molar-refractivity contribution >= 4 is 15.9 Å². The summed E-state index contributed by atoms with van der Waals surface area (Å²) in [6.45, 7) is 0.966. The summed E-state index contributed by atoms with van der Waals surface area (Å²) in [6.07, 6.45) is 7.84. The largest absolute Gasteiger partial charge is 0.496 e. The van der Waals surface area contributed by atoms with Crippen molar-refractivity contribution in [1.29, 1.82) is 0 Å². The van der Waals surface area contributed by atoms with Gasteiger partial charge in [0.15, 0.2) is 0 Å². The van der Waals surface area contributed by atoms with Crippen LogP contribution in [0.5, 0.6) is 5.75 Å². The normalized spacial score (nSPS) is 20.0. The summed E-state index contributed by atoms with van der Waals surface area (Å²) >= 11 is 3.66. The highest BCUT2D eigenvalue weighted by molar-refractivity contribution is 9.09. The molecule has 1 fully saturated rings. The third-order valence-electron chi connectivity index (χ3n) is 4.08. The topological polar surface area (TPSA) is 18.5 Å². The molecule has 0 amide bonds. The van der Waals surface area contributed by atoms with Crippen LogP contribution in [0.2, 0.25) is 0 Å². The van der Waals surface area contributed by atoms with Gasteiger partial charge < -0.3 is 9.47 Å². The molecule has 0 aliphatic carbocycles. The first-order valence-corrected chi connectivity index (χ1v) is 8.75. The molecule has 1 saturated heterocycles. The molecule has 20 heavy (non-hydrogen) atoms. The van der Waals surface area contributed by atoms with Crippen LogP contribution in [0.3, 0.4) is 0 Å². The molecule has 1 aliphatic heterocycles. The third kappa shape index (κ3) is 4.78. The van der Waals surface area contributed by atoms with E-state index in [9.17, 15) is 0 Å². The first-order chi connectivity index (χ1) is 9.83. The van der Waals surface area contributed by atoms with Crippen LogP contribution in [0.1, 0.15) is 37.7 Å². The zero-order valence-electron chi connectivity index (χ0n) is 12.3. The van der Waals surface area contributed by atoms with Crippen molar-refractivity contribution in [3.8, 4) is 5.75 Å². The molecule has 1 heterocycles. The van der Waals surface area contributed by atoms with Gasteiger partial charge in [-0.2, -0.15) is 0 Å². The Morgan fingerprint density at radius 2 is 2.25 bits per heavy atom. The van der Waals surface area contributed by atoms with Gasteiger partial charge in [-0.1, -0.05) is 40.5 Å². The number of ether oxygens (including phenoxy) is 2. The molecule has 0 radical (unpaired) electrons. The number of methoxy groups -OCH3 is 1. The van der Waals surface area contributed by atoms with Gasteiger partial charge in [0, 0.05) is 11.9 Å². The number of halogens is 1. The molecule has 2 rings (SSSR count). The predicted molar refractivity (Wildman–Crippen MR) is 86.8 cm³/mol. The average Bonchev–Trinajstić information content (AvgIpc) is 3.00. The molecular formula is C17H25BrO2. The van der Waals surface area contributed by atoms with Gasteiger partial charge in [-0.25, -0.2) is 0 Å². The minimum Gasteiger partial charge on any atom is -0.496 e. The van der Waals surface area contributed by atoms with Crippen LogP contribution < -0.4 is 4.74 Å². The smallest absolute Gasteiger partial charge is 0.122 e. The number of alkyl halides is 1. The van der Waals surface area contributed by atoms with Crippen molar-refractivity contribution in [2.24, 2.45) is 5.92 Å². The summed E-state index contributed by atoms with van der Waals surface area (Å²) in [5.74, 6) is 1.69. The Balaban J connectivity index is 1.79. The Hall–Kier alpha value is -0.540. The van der Waals surface area contributed by atoms with E-state index in [2.05, 4.69) is 28.1 Å². The first-order valence-electron chi connectivity index (χ1n) is 7.63. The van der Waals surface area contributed by atoms with Crippen LogP contribution in [0.4, 0.5) is 0 Å². The molecule has 1 aromatic rings. The second kappa shape index (κ2) is 8.68. The van der Waals surface area contributed by atoms with E-state index < -0.39 is 0 Å². The molecule has 2 nitrogen and oxygen atoms in total. The number of para-hydroxylation sites is 1. The minimum absolute atomic E-state index is 0.525. The van der Waals surface area contributed by atoms with E-state index in [4.69, 9.17) is 9.47 Å². The molecule has 3 heteroatoms. The maximum atomic E-state index is 5.69. The van der Waals surface area contributed by atoms with E-state index in [0.717, 1.165) is 24.1 Å². The summed E-state index contributed by atoms with van der Waals surface area (Å²) in [4.78, 5) is 0. The summed E-state index contributed by atoms with van der Waals surface area (Å²) in [5.41, 5.74) is 1.32. The molecule has 0 N–H and O–H groups in total. The Morgan fingerprint density at radius 3 is 2.95 bits per heavy atom. The fraction of sp³-hybridized carbons (Fsp3) is 0.647. The van der Waals surface area contributed by atoms with Crippen LogP contribution in [0, 0.1) is 5.92 Å². The highest BCUT2D eigenvalue weighted by Gasteiger charge is 2.16. The van der Waals surface area contributed by atoms with Crippen molar-refractivity contribution in [1.82, 2.24) is 0 Å². The van der Waals surface area contributed by atoms with Crippen LogP contribution in [0.25, 0.3) is 0 Å². The predicted octanol–water partition coefficient (Wildman–Crippen LogP) is 4.60. The van der Waals surface area contributed by atoms with Gasteiger partial charge in [-0.3, -0.25) is 0 Å². The molecule has 0 saturated carbocycles. The van der Waals surface area contributed by atoms with E-state index in [1.807, 2.05) is 12.1 Å². The maximum absolute atomic E-state index is 5.69. The van der Waals surface area contributed by atoms with Crippen LogP contribution >= 0.6 is 15.9 Å². The van der Waals surface area contributed by atoms with Crippen LogP contribution in [-0.2, 0) is 11.2 Å². The Labute approximate surface area is 131 Å². The average molecular weight is 341 g/mol. The van der Waals surface area contributed by atoms with Crippen LogP contribution in [-0.4, -0.2) is 25.2 Å². The zero-order valence-corrected chi connectivity index (χ0v) is 13.9. The summed E-state index contributed by atoms with van der Waals surface area (Å²) < 4.78 is 11.1. The molecule has 1 aliphatic rings. The van der Waals surface area contributed by atoms with E-state index in [-0.39, 0.29) is 0 Å². The molecule has 112 valence electrons. The Bertz CT molecular complexity index is 388. The monoisotopic (exact) mass is 340 g/mol. The van der Waals surface area contributed by atoms with Gasteiger partial charge >= 0.3 is 0 Å². The van der Waals surface area contributed by atoms with Crippen molar-refractivity contribution in [3.63, 3.8) is 0 Å². The minimum atomic E-state index is 0.525. The number of hydrogen-bond donors (Lipinski definition) is 0. The van der Waals surface area contributed by atoms with Gasteiger partial charge in [-0.05, 0) is 49.7 Å². The lowest BCUT2D eigenvalue weighted by atomic mass is 9.94. The Morgan fingerprint density at radius 1 is 1.40 bits per heavy atom. The lowest BCUT2D eigenvalue weighted by Gasteiger charge is -2.17. The van der Waals surface area contributed by atoms with E-state index >= 15 is 0 Å². The van der Waals surface area contributed by atoms with Crippen molar-refractivity contribution in [3.05, 3.63) is 29.8 Å². The third-order valence-corrected chi connectivity index (χ3v) is 5.00. The number of benzene rings is 1. The second-order valence-corrected chi connectivity index (χ2v) is 6.25. The van der Waals surface area contributed by atoms with Crippen molar-refractivity contribution < 1.29 is 9.47 Å².